The van der Waals surface area contributed by atoms with Crippen LogP contribution in [0, 0.1) is 0 Å². The Kier molecular flexibility index (Phi) is 6.33. The Bertz CT molecular complexity index is 962. The minimum atomic E-state index is -0.174. The maximum atomic E-state index is 12.4. The molecule has 144 valence electrons. The van der Waals surface area contributed by atoms with Gasteiger partial charge in [-0.1, -0.05) is 0 Å². The Balaban J connectivity index is 1.43. The smallest absolute Gasteiger partial charge is 0.252 e. The maximum absolute atomic E-state index is 12.4. The average Bonchev–Trinajstić information content (AvgIpc) is 3.37. The van der Waals surface area contributed by atoms with Gasteiger partial charge in [0, 0.05) is 54.6 Å². The SMILES string of the molecule is Cn1ccnc1C(=O)c1ccc(NC(=O)CCCNC(=O)c2ccsc2)cc1. The zero-order chi connectivity index (χ0) is 19.9. The van der Waals surface area contributed by atoms with E-state index in [9.17, 15) is 14.4 Å². The average molecular weight is 396 g/mol. The standard InChI is InChI=1S/C20H20N4O3S/c1-24-11-10-21-19(24)18(26)14-4-6-16(7-5-14)23-17(25)3-2-9-22-20(27)15-8-12-28-13-15/h4-8,10-13H,2-3,9H2,1H3,(H,22,27)(H,23,25). The van der Waals surface area contributed by atoms with E-state index in [1.165, 1.54) is 11.3 Å². The lowest BCUT2D eigenvalue weighted by atomic mass is 10.1. The number of carbonyl (C=O) groups is 3. The molecular weight excluding hydrogens is 376 g/mol. The molecule has 1 aromatic carbocycles. The number of hydrogen-bond donors (Lipinski definition) is 2. The van der Waals surface area contributed by atoms with Crippen LogP contribution >= 0.6 is 11.3 Å². The van der Waals surface area contributed by atoms with Crippen LogP contribution in [0.15, 0.2) is 53.5 Å². The van der Waals surface area contributed by atoms with Gasteiger partial charge in [-0.05, 0) is 42.1 Å². The van der Waals surface area contributed by atoms with Gasteiger partial charge in [0.1, 0.15) is 0 Å². The molecule has 0 aliphatic heterocycles. The van der Waals surface area contributed by atoms with Crippen LogP contribution in [0.1, 0.15) is 39.4 Å². The first-order chi connectivity index (χ1) is 13.5. The lowest BCUT2D eigenvalue weighted by molar-refractivity contribution is -0.116. The number of benzene rings is 1. The van der Waals surface area contributed by atoms with E-state index in [0.717, 1.165) is 0 Å². The van der Waals surface area contributed by atoms with Crippen molar-refractivity contribution in [3.8, 4) is 0 Å². The second kappa shape index (κ2) is 9.09. The number of anilines is 1. The van der Waals surface area contributed by atoms with E-state index in [1.54, 1.807) is 59.7 Å². The number of nitrogens with zero attached hydrogens (tertiary/aromatic N) is 2. The molecular formula is C20H20N4O3S. The van der Waals surface area contributed by atoms with Gasteiger partial charge in [-0.2, -0.15) is 11.3 Å². The number of carbonyl (C=O) groups excluding carboxylic acids is 3. The minimum Gasteiger partial charge on any atom is -0.352 e. The largest absolute Gasteiger partial charge is 0.352 e. The van der Waals surface area contributed by atoms with E-state index in [-0.39, 0.29) is 24.0 Å². The van der Waals surface area contributed by atoms with Gasteiger partial charge in [-0.25, -0.2) is 4.98 Å². The van der Waals surface area contributed by atoms with Crippen LogP contribution in [0.25, 0.3) is 0 Å². The van der Waals surface area contributed by atoms with E-state index < -0.39 is 0 Å². The topological polar surface area (TPSA) is 93.1 Å². The molecule has 8 heteroatoms. The summed E-state index contributed by atoms with van der Waals surface area (Å²) in [5, 5.41) is 9.20. The zero-order valence-corrected chi connectivity index (χ0v) is 16.2. The van der Waals surface area contributed by atoms with Crippen molar-refractivity contribution in [3.05, 3.63) is 70.4 Å². The summed E-state index contributed by atoms with van der Waals surface area (Å²) in [6.07, 6.45) is 4.12. The van der Waals surface area contributed by atoms with Crippen LogP contribution in [0.3, 0.4) is 0 Å². The van der Waals surface area contributed by atoms with Gasteiger partial charge in [0.25, 0.3) is 5.91 Å². The number of hydrogen-bond acceptors (Lipinski definition) is 5. The summed E-state index contributed by atoms with van der Waals surface area (Å²) in [7, 11) is 1.76. The van der Waals surface area contributed by atoms with Crippen LogP contribution in [-0.4, -0.2) is 33.7 Å². The fourth-order valence-electron chi connectivity index (χ4n) is 2.59. The Labute approximate surface area is 166 Å². The van der Waals surface area contributed by atoms with Crippen molar-refractivity contribution in [1.29, 1.82) is 0 Å². The Morgan fingerprint density at radius 3 is 2.54 bits per heavy atom. The minimum absolute atomic E-state index is 0.130. The van der Waals surface area contributed by atoms with Gasteiger partial charge in [-0.15, -0.1) is 0 Å². The predicted octanol–water partition coefficient (Wildman–Crippen LogP) is 2.86. The zero-order valence-electron chi connectivity index (χ0n) is 15.3. The molecule has 0 radical (unpaired) electrons. The predicted molar refractivity (Wildman–Crippen MR) is 108 cm³/mol. The quantitative estimate of drug-likeness (QED) is 0.452. The highest BCUT2D eigenvalue weighted by molar-refractivity contribution is 7.08. The normalized spacial score (nSPS) is 10.5. The third-order valence-electron chi connectivity index (χ3n) is 4.10. The molecule has 0 atom stereocenters. The highest BCUT2D eigenvalue weighted by Crippen LogP contribution is 2.13. The summed E-state index contributed by atoms with van der Waals surface area (Å²) in [6.45, 7) is 0.430. The Morgan fingerprint density at radius 2 is 1.89 bits per heavy atom. The molecule has 2 aromatic heterocycles. The summed E-state index contributed by atoms with van der Waals surface area (Å²) in [5.74, 6) is -0.0874. The monoisotopic (exact) mass is 396 g/mol. The Morgan fingerprint density at radius 1 is 1.11 bits per heavy atom. The molecule has 7 nitrogen and oxygen atoms in total. The number of thiophene rings is 1. The molecule has 28 heavy (non-hydrogen) atoms. The highest BCUT2D eigenvalue weighted by Gasteiger charge is 2.13. The fraction of sp³-hybridized carbons (Fsp3) is 0.200. The lowest BCUT2D eigenvalue weighted by Crippen LogP contribution is -2.25. The third kappa shape index (κ3) is 4.92. The van der Waals surface area contributed by atoms with Gasteiger partial charge >= 0.3 is 0 Å². The molecule has 0 bridgehead atoms. The molecule has 0 unspecified atom stereocenters. The van der Waals surface area contributed by atoms with Crippen LogP contribution in [0.5, 0.6) is 0 Å². The van der Waals surface area contributed by atoms with Crippen LogP contribution in [-0.2, 0) is 11.8 Å². The number of rotatable bonds is 8. The molecule has 2 N–H and O–H groups in total. The van der Waals surface area contributed by atoms with Crippen molar-refractivity contribution >= 4 is 34.6 Å². The van der Waals surface area contributed by atoms with Crippen molar-refractivity contribution in [1.82, 2.24) is 14.9 Å². The first kappa shape index (κ1) is 19.5. The first-order valence-electron chi connectivity index (χ1n) is 8.77. The molecule has 2 heterocycles. The van der Waals surface area contributed by atoms with E-state index in [0.29, 0.717) is 35.6 Å². The molecule has 2 amide bonds. The number of aryl methyl sites for hydroxylation is 1. The summed E-state index contributed by atoms with van der Waals surface area (Å²) in [5.41, 5.74) is 1.75. The van der Waals surface area contributed by atoms with E-state index in [4.69, 9.17) is 0 Å². The summed E-state index contributed by atoms with van der Waals surface area (Å²) >= 11 is 1.47. The van der Waals surface area contributed by atoms with Gasteiger partial charge < -0.3 is 15.2 Å². The molecule has 0 aliphatic carbocycles. The second-order valence-corrected chi connectivity index (χ2v) is 6.97. The van der Waals surface area contributed by atoms with Crippen LogP contribution < -0.4 is 10.6 Å². The van der Waals surface area contributed by atoms with Crippen LogP contribution in [0.4, 0.5) is 5.69 Å². The van der Waals surface area contributed by atoms with Crippen molar-refractivity contribution in [2.75, 3.05) is 11.9 Å². The van der Waals surface area contributed by atoms with Gasteiger partial charge in [0.05, 0.1) is 0 Å². The molecule has 0 aliphatic rings. The summed E-state index contributed by atoms with van der Waals surface area (Å²) in [4.78, 5) is 40.2. The molecule has 0 saturated carbocycles. The maximum Gasteiger partial charge on any atom is 0.252 e. The molecule has 3 aromatic rings. The van der Waals surface area contributed by atoms with Crippen molar-refractivity contribution in [2.24, 2.45) is 7.05 Å². The number of imidazole rings is 1. The van der Waals surface area contributed by atoms with Crippen LogP contribution in [0.2, 0.25) is 0 Å². The Hall–Kier alpha value is -3.26. The van der Waals surface area contributed by atoms with Crippen molar-refractivity contribution < 1.29 is 14.4 Å². The summed E-state index contributed by atoms with van der Waals surface area (Å²) in [6, 6.07) is 8.45. The van der Waals surface area contributed by atoms with Crippen molar-refractivity contribution in [3.63, 3.8) is 0 Å². The fourth-order valence-corrected chi connectivity index (χ4v) is 3.22. The highest BCUT2D eigenvalue weighted by atomic mass is 32.1. The number of nitrogens with one attached hydrogen (secondary N) is 2. The van der Waals surface area contributed by atoms with Gasteiger partial charge in [-0.3, -0.25) is 14.4 Å². The molecule has 0 saturated heterocycles. The van der Waals surface area contributed by atoms with E-state index >= 15 is 0 Å². The molecule has 0 fully saturated rings. The third-order valence-corrected chi connectivity index (χ3v) is 4.79. The molecule has 3 rings (SSSR count). The van der Waals surface area contributed by atoms with E-state index in [2.05, 4.69) is 15.6 Å². The number of aromatic nitrogens is 2. The number of ketones is 1. The lowest BCUT2D eigenvalue weighted by Gasteiger charge is -2.07. The van der Waals surface area contributed by atoms with E-state index in [1.807, 2.05) is 5.38 Å². The first-order valence-corrected chi connectivity index (χ1v) is 9.71. The van der Waals surface area contributed by atoms with Gasteiger partial charge in [0.2, 0.25) is 11.7 Å². The van der Waals surface area contributed by atoms with Crippen molar-refractivity contribution in [2.45, 2.75) is 12.8 Å². The summed E-state index contributed by atoms with van der Waals surface area (Å²) < 4.78 is 1.66. The molecule has 0 spiro atoms. The van der Waals surface area contributed by atoms with Gasteiger partial charge in [0.15, 0.2) is 5.82 Å². The second-order valence-electron chi connectivity index (χ2n) is 6.19. The number of amides is 2.